The molecule has 1 heterocycles. The Hall–Kier alpha value is -2.10. The summed E-state index contributed by atoms with van der Waals surface area (Å²) in [4.78, 5) is 10.6. The van der Waals surface area contributed by atoms with E-state index in [2.05, 4.69) is 10.2 Å². The standard InChI is InChI=1S/C10H8N2O2/c13-10-12-11-9(14-10)7-6-8-4-2-1-3-5-8/h1-7H,(H,12,13)/b7-6-. The Balaban J connectivity index is 2.19. The van der Waals surface area contributed by atoms with E-state index in [1.165, 1.54) is 0 Å². The molecule has 2 aromatic rings. The van der Waals surface area contributed by atoms with Crippen molar-refractivity contribution in [1.29, 1.82) is 0 Å². The third-order valence-corrected chi connectivity index (χ3v) is 1.67. The van der Waals surface area contributed by atoms with Gasteiger partial charge in [-0.2, -0.15) is 0 Å². The molecular weight excluding hydrogens is 180 g/mol. The van der Waals surface area contributed by atoms with Gasteiger partial charge in [0, 0.05) is 6.08 Å². The summed E-state index contributed by atoms with van der Waals surface area (Å²) in [5.41, 5.74) is 1.03. The molecular formula is C10H8N2O2. The van der Waals surface area contributed by atoms with Crippen LogP contribution in [0.1, 0.15) is 11.5 Å². The Morgan fingerprint density at radius 2 is 2.00 bits per heavy atom. The van der Waals surface area contributed by atoms with E-state index in [1.807, 2.05) is 36.4 Å². The lowest BCUT2D eigenvalue weighted by molar-refractivity contribution is 0.504. The maximum absolute atomic E-state index is 10.6. The molecule has 0 aliphatic carbocycles. The minimum absolute atomic E-state index is 0.277. The molecule has 4 heteroatoms. The fourth-order valence-electron chi connectivity index (χ4n) is 1.04. The highest BCUT2D eigenvalue weighted by atomic mass is 16.4. The number of rotatable bonds is 2. The van der Waals surface area contributed by atoms with Crippen molar-refractivity contribution in [3.8, 4) is 0 Å². The Bertz CT molecular complexity index is 482. The first-order chi connectivity index (χ1) is 6.84. The summed E-state index contributed by atoms with van der Waals surface area (Å²) in [6.45, 7) is 0. The summed E-state index contributed by atoms with van der Waals surface area (Å²) in [6, 6.07) is 9.69. The molecule has 0 amide bonds. The van der Waals surface area contributed by atoms with E-state index < -0.39 is 5.76 Å². The lowest BCUT2D eigenvalue weighted by Crippen LogP contribution is -1.93. The molecule has 1 N–H and O–H groups in total. The van der Waals surface area contributed by atoms with Crippen LogP contribution in [0, 0.1) is 0 Å². The zero-order valence-electron chi connectivity index (χ0n) is 7.31. The van der Waals surface area contributed by atoms with E-state index in [0.717, 1.165) is 5.56 Å². The number of aromatic nitrogens is 2. The molecule has 70 valence electrons. The minimum Gasteiger partial charge on any atom is -0.388 e. The lowest BCUT2D eigenvalue weighted by Gasteiger charge is -1.88. The van der Waals surface area contributed by atoms with Crippen LogP contribution in [-0.2, 0) is 0 Å². The average Bonchev–Trinajstić information content (AvgIpc) is 2.63. The van der Waals surface area contributed by atoms with Gasteiger partial charge in [-0.25, -0.2) is 9.89 Å². The van der Waals surface area contributed by atoms with E-state index in [-0.39, 0.29) is 5.89 Å². The highest BCUT2D eigenvalue weighted by molar-refractivity contribution is 5.65. The van der Waals surface area contributed by atoms with Crippen molar-refractivity contribution in [3.63, 3.8) is 0 Å². The molecule has 0 atom stereocenters. The normalized spacial score (nSPS) is 10.9. The molecule has 14 heavy (non-hydrogen) atoms. The van der Waals surface area contributed by atoms with Crippen LogP contribution in [0.4, 0.5) is 0 Å². The quantitative estimate of drug-likeness (QED) is 0.777. The van der Waals surface area contributed by atoms with Crippen LogP contribution in [0.3, 0.4) is 0 Å². The second kappa shape index (κ2) is 3.74. The van der Waals surface area contributed by atoms with E-state index >= 15 is 0 Å². The summed E-state index contributed by atoms with van der Waals surface area (Å²) in [7, 11) is 0. The van der Waals surface area contributed by atoms with E-state index in [1.54, 1.807) is 6.08 Å². The highest BCUT2D eigenvalue weighted by Crippen LogP contribution is 2.03. The van der Waals surface area contributed by atoms with Gasteiger partial charge in [-0.1, -0.05) is 30.3 Å². The fraction of sp³-hybridized carbons (Fsp3) is 0. The molecule has 0 aliphatic rings. The van der Waals surface area contributed by atoms with E-state index in [9.17, 15) is 4.79 Å². The predicted octanol–water partition coefficient (Wildman–Crippen LogP) is 1.53. The van der Waals surface area contributed by atoms with E-state index in [0.29, 0.717) is 0 Å². The summed E-state index contributed by atoms with van der Waals surface area (Å²) >= 11 is 0. The third-order valence-electron chi connectivity index (χ3n) is 1.67. The van der Waals surface area contributed by atoms with Gasteiger partial charge in [0.1, 0.15) is 0 Å². The fourth-order valence-corrected chi connectivity index (χ4v) is 1.04. The van der Waals surface area contributed by atoms with Gasteiger partial charge in [0.05, 0.1) is 0 Å². The van der Waals surface area contributed by atoms with Crippen LogP contribution >= 0.6 is 0 Å². The summed E-state index contributed by atoms with van der Waals surface area (Å²) in [6.07, 6.45) is 3.45. The van der Waals surface area contributed by atoms with Gasteiger partial charge in [0.15, 0.2) is 0 Å². The van der Waals surface area contributed by atoms with Gasteiger partial charge in [0.2, 0.25) is 5.89 Å². The number of hydrogen-bond donors (Lipinski definition) is 1. The highest BCUT2D eigenvalue weighted by Gasteiger charge is 1.93. The van der Waals surface area contributed by atoms with Crippen molar-refractivity contribution in [1.82, 2.24) is 10.2 Å². The number of nitrogens with zero attached hydrogens (tertiary/aromatic N) is 1. The zero-order valence-corrected chi connectivity index (χ0v) is 7.31. The zero-order chi connectivity index (χ0) is 9.80. The van der Waals surface area contributed by atoms with Gasteiger partial charge in [-0.3, -0.25) is 0 Å². The maximum atomic E-state index is 10.6. The summed E-state index contributed by atoms with van der Waals surface area (Å²) < 4.78 is 4.70. The first-order valence-electron chi connectivity index (χ1n) is 4.13. The van der Waals surface area contributed by atoms with Crippen LogP contribution in [-0.4, -0.2) is 10.2 Å². The van der Waals surface area contributed by atoms with Crippen LogP contribution in [0.5, 0.6) is 0 Å². The third kappa shape index (κ3) is 1.98. The molecule has 0 unspecified atom stereocenters. The predicted molar refractivity (Wildman–Crippen MR) is 52.5 cm³/mol. The largest absolute Gasteiger partial charge is 0.434 e. The summed E-state index contributed by atoms with van der Waals surface area (Å²) in [5.74, 6) is -0.267. The number of aromatic amines is 1. The number of H-pyrrole nitrogens is 1. The second-order valence-corrected chi connectivity index (χ2v) is 2.70. The van der Waals surface area contributed by atoms with Crippen molar-refractivity contribution >= 4 is 12.2 Å². The van der Waals surface area contributed by atoms with Crippen molar-refractivity contribution in [2.24, 2.45) is 0 Å². The molecule has 1 aromatic heterocycles. The molecule has 0 fully saturated rings. The Labute approximate surface area is 79.9 Å². The van der Waals surface area contributed by atoms with Crippen molar-refractivity contribution in [2.75, 3.05) is 0 Å². The van der Waals surface area contributed by atoms with Gasteiger partial charge >= 0.3 is 5.76 Å². The first kappa shape index (κ1) is 8.50. The van der Waals surface area contributed by atoms with Crippen LogP contribution < -0.4 is 5.76 Å². The van der Waals surface area contributed by atoms with E-state index in [4.69, 9.17) is 4.42 Å². The SMILES string of the molecule is O=c1[nH]nc(/C=C\c2ccccc2)o1. The van der Waals surface area contributed by atoms with Crippen LogP contribution in [0.2, 0.25) is 0 Å². The number of hydrogen-bond acceptors (Lipinski definition) is 3. The topological polar surface area (TPSA) is 58.9 Å². The molecule has 0 aliphatic heterocycles. The molecule has 0 spiro atoms. The Morgan fingerprint density at radius 1 is 1.21 bits per heavy atom. The van der Waals surface area contributed by atoms with Crippen LogP contribution in [0.25, 0.3) is 12.2 Å². The monoisotopic (exact) mass is 188 g/mol. The molecule has 0 saturated heterocycles. The summed E-state index contributed by atoms with van der Waals surface area (Å²) in [5, 5.41) is 5.82. The molecule has 2 rings (SSSR count). The molecule has 0 saturated carbocycles. The van der Waals surface area contributed by atoms with Crippen LogP contribution in [0.15, 0.2) is 39.5 Å². The van der Waals surface area contributed by atoms with Crippen molar-refractivity contribution < 1.29 is 4.42 Å². The Morgan fingerprint density at radius 3 is 2.64 bits per heavy atom. The Kier molecular flexibility index (Phi) is 2.27. The lowest BCUT2D eigenvalue weighted by atomic mass is 10.2. The first-order valence-corrected chi connectivity index (χ1v) is 4.13. The molecule has 1 aromatic carbocycles. The molecule has 4 nitrogen and oxygen atoms in total. The van der Waals surface area contributed by atoms with Gasteiger partial charge in [0.25, 0.3) is 0 Å². The van der Waals surface area contributed by atoms with Gasteiger partial charge in [-0.15, -0.1) is 5.10 Å². The maximum Gasteiger partial charge on any atom is 0.434 e. The molecule has 0 radical (unpaired) electrons. The smallest absolute Gasteiger partial charge is 0.388 e. The average molecular weight is 188 g/mol. The molecule has 0 bridgehead atoms. The minimum atomic E-state index is -0.544. The number of nitrogens with one attached hydrogen (secondary N) is 1. The van der Waals surface area contributed by atoms with Gasteiger partial charge in [-0.05, 0) is 11.6 Å². The second-order valence-electron chi connectivity index (χ2n) is 2.70. The van der Waals surface area contributed by atoms with Crippen molar-refractivity contribution in [3.05, 3.63) is 52.3 Å². The van der Waals surface area contributed by atoms with Crippen molar-refractivity contribution in [2.45, 2.75) is 0 Å². The van der Waals surface area contributed by atoms with Gasteiger partial charge < -0.3 is 4.42 Å². The number of benzene rings is 1.